The van der Waals surface area contributed by atoms with E-state index in [0.29, 0.717) is 12.8 Å². The molecule has 1 fully saturated rings. The molecule has 0 aromatic carbocycles. The van der Waals surface area contributed by atoms with E-state index in [2.05, 4.69) is 38.2 Å². The van der Waals surface area contributed by atoms with Crippen molar-refractivity contribution in [1.29, 1.82) is 0 Å². The Morgan fingerprint density at radius 2 is 0.915 bits per heavy atom. The number of allylic oxidation sites excluding steroid dienone is 4. The van der Waals surface area contributed by atoms with Crippen LogP contribution in [0.3, 0.4) is 0 Å². The molecule has 0 heterocycles. The van der Waals surface area contributed by atoms with E-state index < -0.39 is 75.7 Å². The summed E-state index contributed by atoms with van der Waals surface area (Å²) in [6, 6.07) is 0. The van der Waals surface area contributed by atoms with Gasteiger partial charge in [-0.3, -0.25) is 18.6 Å². The summed E-state index contributed by atoms with van der Waals surface area (Å²) < 4.78 is 33.5. The number of aliphatic hydroxyl groups is 5. The molecule has 1 saturated carbocycles. The first-order valence-corrected chi connectivity index (χ1v) is 24.6. The van der Waals surface area contributed by atoms with Crippen molar-refractivity contribution in [2.75, 3.05) is 13.2 Å². The van der Waals surface area contributed by atoms with Crippen LogP contribution in [0.25, 0.3) is 0 Å². The number of phosphoric ester groups is 1. The molecular weight excluding hydrogens is 779 g/mol. The van der Waals surface area contributed by atoms with Crippen LogP contribution in [0.4, 0.5) is 0 Å². The number of hydrogen-bond donors (Lipinski definition) is 6. The molecule has 6 N–H and O–H groups in total. The Morgan fingerprint density at radius 1 is 0.525 bits per heavy atom. The number of unbranched alkanes of at least 4 members (excludes halogenated alkanes) is 22. The molecule has 0 bridgehead atoms. The molecule has 59 heavy (non-hydrogen) atoms. The lowest BCUT2D eigenvalue weighted by Crippen LogP contribution is -2.64. The van der Waals surface area contributed by atoms with Crippen LogP contribution in [0.5, 0.6) is 0 Å². The fourth-order valence-corrected chi connectivity index (χ4v) is 8.00. The average Bonchev–Trinajstić information content (AvgIpc) is 3.21. The zero-order valence-electron chi connectivity index (χ0n) is 36.6. The van der Waals surface area contributed by atoms with Crippen LogP contribution in [0.1, 0.15) is 194 Å². The number of carbonyl (C=O) groups is 2. The molecule has 1 aliphatic carbocycles. The van der Waals surface area contributed by atoms with Crippen LogP contribution < -0.4 is 0 Å². The number of esters is 2. The Morgan fingerprint density at radius 3 is 1.41 bits per heavy atom. The first-order valence-electron chi connectivity index (χ1n) is 23.1. The summed E-state index contributed by atoms with van der Waals surface area (Å²) in [6.07, 6.45) is 25.1. The average molecular weight is 863 g/mol. The molecule has 13 nitrogen and oxygen atoms in total. The van der Waals surface area contributed by atoms with Crippen molar-refractivity contribution < 1.29 is 63.1 Å². The van der Waals surface area contributed by atoms with E-state index in [1.165, 1.54) is 77.0 Å². The van der Waals surface area contributed by atoms with Gasteiger partial charge in [-0.05, 0) is 44.9 Å². The van der Waals surface area contributed by atoms with E-state index in [1.54, 1.807) is 0 Å². The fourth-order valence-electron chi connectivity index (χ4n) is 7.02. The highest BCUT2D eigenvalue weighted by molar-refractivity contribution is 7.47. The Kier molecular flexibility index (Phi) is 33.7. The molecular formula is C45H83O13P. The zero-order valence-corrected chi connectivity index (χ0v) is 37.4. The SMILES string of the molecule is CCCCCC=CCC=CCCCCCCCCCC(=O)OC(COC(=O)CCCCCCCCCCCCCCC)COP(=O)(O)OC1C(O)C(O)C(O)C(O)C1O. The number of phosphoric acid groups is 1. The standard InChI is InChI=1S/C45H83O13P/c1-3-5-7-9-11-13-15-17-18-19-20-22-24-26-28-30-32-34-39(47)57-37(36-56-59(53,54)58-45-43(51)41(49)40(48)42(50)44(45)52)35-55-38(46)33-31-29-27-25-23-21-16-14-12-10-8-6-4-2/h11,13,17-18,37,40-45,48-52H,3-10,12,14-16,19-36H2,1-2H3,(H,53,54). The minimum absolute atomic E-state index is 0.0904. The van der Waals surface area contributed by atoms with Gasteiger partial charge < -0.3 is 39.9 Å². The largest absolute Gasteiger partial charge is 0.472 e. The second-order valence-corrected chi connectivity index (χ2v) is 17.7. The van der Waals surface area contributed by atoms with Crippen molar-refractivity contribution in [2.24, 2.45) is 0 Å². The van der Waals surface area contributed by atoms with Gasteiger partial charge >= 0.3 is 19.8 Å². The van der Waals surface area contributed by atoms with E-state index in [4.69, 9.17) is 18.5 Å². The Balaban J connectivity index is 2.46. The van der Waals surface area contributed by atoms with Gasteiger partial charge in [-0.15, -0.1) is 0 Å². The Hall–Kier alpha value is -1.67. The van der Waals surface area contributed by atoms with E-state index in [0.717, 1.165) is 77.0 Å². The van der Waals surface area contributed by atoms with Crippen molar-refractivity contribution >= 4 is 19.8 Å². The zero-order chi connectivity index (χ0) is 43.6. The second kappa shape index (κ2) is 35.9. The van der Waals surface area contributed by atoms with Crippen molar-refractivity contribution in [1.82, 2.24) is 0 Å². The summed E-state index contributed by atoms with van der Waals surface area (Å²) in [5, 5.41) is 50.1. The molecule has 346 valence electrons. The summed E-state index contributed by atoms with van der Waals surface area (Å²) in [5.74, 6) is -1.10. The van der Waals surface area contributed by atoms with Crippen LogP contribution in [0, 0.1) is 0 Å². The van der Waals surface area contributed by atoms with Gasteiger partial charge in [-0.2, -0.15) is 0 Å². The molecule has 0 amide bonds. The highest BCUT2D eigenvalue weighted by Crippen LogP contribution is 2.47. The number of carbonyl (C=O) groups excluding carboxylic acids is 2. The summed E-state index contributed by atoms with van der Waals surface area (Å²) in [6.45, 7) is 3.27. The number of rotatable bonds is 38. The number of ether oxygens (including phenoxy) is 2. The molecule has 0 spiro atoms. The maximum Gasteiger partial charge on any atom is 0.472 e. The minimum Gasteiger partial charge on any atom is -0.462 e. The van der Waals surface area contributed by atoms with Gasteiger partial charge in [0.1, 0.15) is 43.2 Å². The van der Waals surface area contributed by atoms with Crippen molar-refractivity contribution in [3.63, 3.8) is 0 Å². The maximum atomic E-state index is 12.8. The molecule has 0 saturated heterocycles. The Labute approximate surface area is 356 Å². The van der Waals surface area contributed by atoms with Crippen LogP contribution in [0.2, 0.25) is 0 Å². The van der Waals surface area contributed by atoms with E-state index in [1.807, 2.05) is 0 Å². The van der Waals surface area contributed by atoms with Gasteiger partial charge in [-0.1, -0.05) is 160 Å². The maximum absolute atomic E-state index is 12.8. The van der Waals surface area contributed by atoms with Gasteiger partial charge in [-0.25, -0.2) is 4.57 Å². The molecule has 0 radical (unpaired) electrons. The van der Waals surface area contributed by atoms with Crippen LogP contribution in [-0.4, -0.2) is 98.3 Å². The van der Waals surface area contributed by atoms with E-state index in [-0.39, 0.29) is 12.8 Å². The lowest BCUT2D eigenvalue weighted by Gasteiger charge is -2.41. The van der Waals surface area contributed by atoms with Crippen molar-refractivity contribution in [3.05, 3.63) is 24.3 Å². The lowest BCUT2D eigenvalue weighted by atomic mass is 9.85. The molecule has 14 heteroatoms. The van der Waals surface area contributed by atoms with Crippen LogP contribution in [-0.2, 0) is 32.7 Å². The monoisotopic (exact) mass is 863 g/mol. The summed E-state index contributed by atoms with van der Waals surface area (Å²) in [4.78, 5) is 35.7. The molecule has 1 rings (SSSR count). The first-order chi connectivity index (χ1) is 28.4. The number of aliphatic hydroxyl groups excluding tert-OH is 5. The van der Waals surface area contributed by atoms with E-state index in [9.17, 15) is 44.6 Å². The molecule has 1 aliphatic rings. The molecule has 6 atom stereocenters. The molecule has 0 aliphatic heterocycles. The third-order valence-corrected chi connectivity index (χ3v) is 11.8. The summed E-state index contributed by atoms with van der Waals surface area (Å²) >= 11 is 0. The van der Waals surface area contributed by atoms with Crippen LogP contribution in [0.15, 0.2) is 24.3 Å². The minimum atomic E-state index is -5.11. The first kappa shape index (κ1) is 55.3. The summed E-state index contributed by atoms with van der Waals surface area (Å²) in [5.41, 5.74) is 0. The van der Waals surface area contributed by atoms with Crippen LogP contribution >= 0.6 is 7.82 Å². The van der Waals surface area contributed by atoms with Crippen molar-refractivity contribution in [3.8, 4) is 0 Å². The third-order valence-electron chi connectivity index (χ3n) is 10.8. The molecule has 0 aromatic rings. The predicted molar refractivity (Wildman–Crippen MR) is 230 cm³/mol. The smallest absolute Gasteiger partial charge is 0.462 e. The second-order valence-electron chi connectivity index (χ2n) is 16.3. The normalized spacial score (nSPS) is 22.5. The van der Waals surface area contributed by atoms with E-state index >= 15 is 0 Å². The summed E-state index contributed by atoms with van der Waals surface area (Å²) in [7, 11) is -5.11. The molecule has 0 aromatic heterocycles. The van der Waals surface area contributed by atoms with Gasteiger partial charge in [0.25, 0.3) is 0 Å². The van der Waals surface area contributed by atoms with Crippen molar-refractivity contribution in [2.45, 2.75) is 236 Å². The van der Waals surface area contributed by atoms with Gasteiger partial charge in [0.15, 0.2) is 6.10 Å². The highest BCUT2D eigenvalue weighted by atomic mass is 31.2. The Bertz CT molecular complexity index is 1130. The highest BCUT2D eigenvalue weighted by Gasteiger charge is 2.51. The quantitative estimate of drug-likeness (QED) is 0.0149. The van der Waals surface area contributed by atoms with Gasteiger partial charge in [0.05, 0.1) is 6.61 Å². The third kappa shape index (κ3) is 28.5. The van der Waals surface area contributed by atoms with Gasteiger partial charge in [0.2, 0.25) is 0 Å². The lowest BCUT2D eigenvalue weighted by molar-refractivity contribution is -0.220. The van der Waals surface area contributed by atoms with Gasteiger partial charge in [0, 0.05) is 12.8 Å². The predicted octanol–water partition coefficient (Wildman–Crippen LogP) is 8.84. The topological polar surface area (TPSA) is 210 Å². The molecule has 6 unspecified atom stereocenters. The fraction of sp³-hybridized carbons (Fsp3) is 0.867. The number of hydrogen-bond acceptors (Lipinski definition) is 12.